The molecule has 0 spiro atoms. The molecule has 0 aliphatic carbocycles. The molecule has 0 saturated carbocycles. The largest absolute Gasteiger partial charge is 0.341 e. The molecule has 2 amide bonds. The van der Waals surface area contributed by atoms with E-state index in [1.54, 1.807) is 20.7 Å². The van der Waals surface area contributed by atoms with Crippen molar-refractivity contribution < 1.29 is 9.59 Å². The zero-order valence-corrected chi connectivity index (χ0v) is 14.7. The quantitative estimate of drug-likeness (QED) is 0.827. The molecule has 0 aromatic carbocycles. The van der Waals surface area contributed by atoms with Crippen LogP contribution in [0.4, 0.5) is 0 Å². The number of H-pyrrole nitrogens is 1. The minimum absolute atomic E-state index is 0.0598. The highest BCUT2D eigenvalue weighted by Gasteiger charge is 2.26. The predicted octanol–water partition coefficient (Wildman–Crippen LogP) is -0.0228. The number of carbonyl (C=O) groups is 2. The number of aromatic amines is 1. The van der Waals surface area contributed by atoms with Gasteiger partial charge in [-0.15, -0.1) is 0 Å². The highest BCUT2D eigenvalue weighted by molar-refractivity contribution is 5.92. The van der Waals surface area contributed by atoms with E-state index in [2.05, 4.69) is 15.1 Å². The third-order valence-electron chi connectivity index (χ3n) is 4.42. The van der Waals surface area contributed by atoms with Crippen LogP contribution in [0, 0.1) is 5.92 Å². The first kappa shape index (κ1) is 17.8. The Hall–Kier alpha value is -2.97. The Bertz CT molecular complexity index is 816. The van der Waals surface area contributed by atoms with Crippen LogP contribution in [-0.4, -0.2) is 67.5 Å². The molecule has 3 rings (SSSR count). The molecule has 2 aromatic heterocycles. The highest BCUT2D eigenvalue weighted by atomic mass is 16.2. The van der Waals surface area contributed by atoms with Gasteiger partial charge in [-0.05, 0) is 12.5 Å². The fourth-order valence-corrected chi connectivity index (χ4v) is 3.08. The van der Waals surface area contributed by atoms with E-state index in [9.17, 15) is 14.4 Å². The molecular weight excluding hydrogens is 336 g/mol. The van der Waals surface area contributed by atoms with E-state index in [1.165, 1.54) is 6.20 Å². The molecule has 0 bridgehead atoms. The molecule has 1 unspecified atom stereocenters. The number of amides is 2. The maximum absolute atomic E-state index is 12.7. The topological polar surface area (TPSA) is 104 Å². The maximum Gasteiger partial charge on any atom is 0.272 e. The second-order valence-electron chi connectivity index (χ2n) is 6.41. The summed E-state index contributed by atoms with van der Waals surface area (Å²) >= 11 is 0. The number of aromatic nitrogens is 4. The molecule has 3 heterocycles. The normalized spacial score (nSPS) is 16.2. The maximum atomic E-state index is 12.7. The molecule has 138 valence electrons. The number of carbonyl (C=O) groups excluding carboxylic acids is 2. The number of hydrogen-bond donors (Lipinski definition) is 1. The van der Waals surface area contributed by atoms with Crippen LogP contribution in [0.1, 0.15) is 23.8 Å². The van der Waals surface area contributed by atoms with Crippen molar-refractivity contribution in [3.8, 4) is 0 Å². The van der Waals surface area contributed by atoms with Crippen LogP contribution in [0.3, 0.4) is 0 Å². The summed E-state index contributed by atoms with van der Waals surface area (Å²) in [7, 11) is 0. The first-order valence-electron chi connectivity index (χ1n) is 8.64. The average molecular weight is 358 g/mol. The van der Waals surface area contributed by atoms with Gasteiger partial charge in [0, 0.05) is 38.6 Å². The zero-order valence-electron chi connectivity index (χ0n) is 14.7. The molecule has 1 N–H and O–H groups in total. The van der Waals surface area contributed by atoms with Crippen LogP contribution >= 0.6 is 0 Å². The van der Waals surface area contributed by atoms with Crippen LogP contribution in [0.5, 0.6) is 0 Å². The van der Waals surface area contributed by atoms with Gasteiger partial charge < -0.3 is 14.8 Å². The number of nitrogens with zero attached hydrogens (tertiary/aromatic N) is 5. The van der Waals surface area contributed by atoms with E-state index >= 15 is 0 Å². The lowest BCUT2D eigenvalue weighted by atomic mass is 10.1. The summed E-state index contributed by atoms with van der Waals surface area (Å²) in [5.41, 5.74) is -0.237. The Morgan fingerprint density at radius 2 is 1.96 bits per heavy atom. The van der Waals surface area contributed by atoms with Crippen molar-refractivity contribution >= 4 is 11.8 Å². The van der Waals surface area contributed by atoms with Gasteiger partial charge in [-0.1, -0.05) is 6.92 Å². The summed E-state index contributed by atoms with van der Waals surface area (Å²) in [4.78, 5) is 46.3. The Morgan fingerprint density at radius 3 is 2.69 bits per heavy atom. The predicted molar refractivity (Wildman–Crippen MR) is 93.3 cm³/mol. The lowest BCUT2D eigenvalue weighted by molar-refractivity contribution is -0.135. The zero-order chi connectivity index (χ0) is 18.5. The van der Waals surface area contributed by atoms with Crippen molar-refractivity contribution in [3.05, 3.63) is 46.9 Å². The van der Waals surface area contributed by atoms with Gasteiger partial charge in [0.1, 0.15) is 5.69 Å². The van der Waals surface area contributed by atoms with Crippen LogP contribution in [-0.2, 0) is 11.3 Å². The van der Waals surface area contributed by atoms with Crippen molar-refractivity contribution in [2.45, 2.75) is 19.9 Å². The van der Waals surface area contributed by atoms with Crippen LogP contribution in [0.25, 0.3) is 0 Å². The summed E-state index contributed by atoms with van der Waals surface area (Å²) in [6, 6.07) is 1.83. The van der Waals surface area contributed by atoms with Crippen molar-refractivity contribution in [1.82, 2.24) is 29.5 Å². The van der Waals surface area contributed by atoms with Crippen LogP contribution < -0.4 is 5.56 Å². The minimum atomic E-state index is -0.407. The van der Waals surface area contributed by atoms with E-state index in [4.69, 9.17) is 0 Å². The van der Waals surface area contributed by atoms with Crippen LogP contribution in [0.15, 0.2) is 35.6 Å². The van der Waals surface area contributed by atoms with Crippen molar-refractivity contribution in [2.24, 2.45) is 5.92 Å². The number of rotatable bonds is 4. The Labute approximate surface area is 150 Å². The van der Waals surface area contributed by atoms with Gasteiger partial charge in [0.25, 0.3) is 11.5 Å². The Balaban J connectivity index is 1.59. The second-order valence-corrected chi connectivity index (χ2v) is 6.41. The smallest absolute Gasteiger partial charge is 0.272 e. The van der Waals surface area contributed by atoms with Gasteiger partial charge >= 0.3 is 0 Å². The van der Waals surface area contributed by atoms with E-state index in [1.807, 2.05) is 19.2 Å². The lowest BCUT2D eigenvalue weighted by Gasteiger charge is -2.24. The van der Waals surface area contributed by atoms with Crippen LogP contribution in [0.2, 0.25) is 0 Å². The molecule has 9 nitrogen and oxygen atoms in total. The number of hydrogen-bond acceptors (Lipinski definition) is 5. The molecule has 1 aliphatic heterocycles. The van der Waals surface area contributed by atoms with E-state index in [-0.39, 0.29) is 23.4 Å². The van der Waals surface area contributed by atoms with Crippen molar-refractivity contribution in [2.75, 3.05) is 26.2 Å². The molecule has 9 heteroatoms. The SMILES string of the molecule is CC(Cn1cccn1)C(=O)N1CCCN(C(=O)c2cncc(=O)[nH]2)CC1. The fraction of sp³-hybridized carbons (Fsp3) is 0.471. The van der Waals surface area contributed by atoms with Crippen molar-refractivity contribution in [1.29, 1.82) is 0 Å². The first-order chi connectivity index (χ1) is 12.5. The fourth-order valence-electron chi connectivity index (χ4n) is 3.08. The minimum Gasteiger partial charge on any atom is -0.341 e. The summed E-state index contributed by atoms with van der Waals surface area (Å²) in [5, 5.41) is 4.14. The standard InChI is InChI=1S/C17H22N6O3/c1-13(12-23-7-2-4-19-23)16(25)21-5-3-6-22(9-8-21)17(26)14-10-18-11-15(24)20-14/h2,4,7,10-11,13H,3,5-6,8-9,12H2,1H3,(H,20,24). The second kappa shape index (κ2) is 7.94. The van der Waals surface area contributed by atoms with E-state index in [0.29, 0.717) is 39.1 Å². The van der Waals surface area contributed by atoms with Gasteiger partial charge in [-0.2, -0.15) is 5.10 Å². The van der Waals surface area contributed by atoms with Gasteiger partial charge in [0.2, 0.25) is 5.91 Å². The van der Waals surface area contributed by atoms with Gasteiger partial charge in [-0.3, -0.25) is 24.0 Å². The molecule has 0 radical (unpaired) electrons. The lowest BCUT2D eigenvalue weighted by Crippen LogP contribution is -2.40. The number of nitrogens with one attached hydrogen (secondary N) is 1. The summed E-state index contributed by atoms with van der Waals surface area (Å²) in [6.45, 7) is 4.46. The third kappa shape index (κ3) is 4.16. The third-order valence-corrected chi connectivity index (χ3v) is 4.42. The summed E-state index contributed by atoms with van der Waals surface area (Å²) in [5.74, 6) is -0.398. The molecule has 1 fully saturated rings. The molecule has 1 aliphatic rings. The van der Waals surface area contributed by atoms with Crippen molar-refractivity contribution in [3.63, 3.8) is 0 Å². The average Bonchev–Trinajstić information content (AvgIpc) is 3.02. The van der Waals surface area contributed by atoms with E-state index in [0.717, 1.165) is 6.20 Å². The molecule has 2 aromatic rings. The highest BCUT2D eigenvalue weighted by Crippen LogP contribution is 2.11. The van der Waals surface area contributed by atoms with Gasteiger partial charge in [0.05, 0.1) is 24.9 Å². The Kier molecular flexibility index (Phi) is 5.45. The van der Waals surface area contributed by atoms with Gasteiger partial charge in [-0.25, -0.2) is 0 Å². The molecule has 26 heavy (non-hydrogen) atoms. The monoisotopic (exact) mass is 358 g/mol. The first-order valence-corrected chi connectivity index (χ1v) is 8.64. The molecule has 1 atom stereocenters. The summed E-state index contributed by atoms with van der Waals surface area (Å²) in [6.07, 6.45) is 6.69. The molecule has 1 saturated heterocycles. The van der Waals surface area contributed by atoms with Gasteiger partial charge in [0.15, 0.2) is 0 Å². The summed E-state index contributed by atoms with van der Waals surface area (Å²) < 4.78 is 1.75. The Morgan fingerprint density at radius 1 is 1.19 bits per heavy atom. The molecular formula is C17H22N6O3. The van der Waals surface area contributed by atoms with E-state index < -0.39 is 5.56 Å².